The van der Waals surface area contributed by atoms with Gasteiger partial charge in [-0.1, -0.05) is 38.1 Å². The maximum Gasteiger partial charge on any atom is 0.494 e. The lowest BCUT2D eigenvalue weighted by atomic mass is 9.78. The van der Waals surface area contributed by atoms with E-state index in [1.54, 1.807) is 0 Å². The first-order valence-corrected chi connectivity index (χ1v) is 7.35. The summed E-state index contributed by atoms with van der Waals surface area (Å²) < 4.78 is 12.1. The molecule has 3 nitrogen and oxygen atoms in total. The van der Waals surface area contributed by atoms with Crippen LogP contribution in [-0.2, 0) is 9.31 Å². The lowest BCUT2D eigenvalue weighted by molar-refractivity contribution is 0.00578. The van der Waals surface area contributed by atoms with Crippen LogP contribution in [-0.4, -0.2) is 18.3 Å². The number of hydrogen-bond donors (Lipinski definition) is 1. The van der Waals surface area contributed by atoms with Crippen LogP contribution in [0.5, 0.6) is 0 Å². The summed E-state index contributed by atoms with van der Waals surface area (Å²) in [4.78, 5) is 0. The zero-order valence-electron chi connectivity index (χ0n) is 13.4. The smallest absolute Gasteiger partial charge is 0.399 e. The van der Waals surface area contributed by atoms with Gasteiger partial charge in [-0.05, 0) is 44.6 Å². The Labute approximate surface area is 123 Å². The van der Waals surface area contributed by atoms with E-state index in [0.717, 1.165) is 11.0 Å². The van der Waals surface area contributed by atoms with Gasteiger partial charge in [0.1, 0.15) is 0 Å². The first kappa shape index (κ1) is 15.6. The predicted molar refractivity (Wildman–Crippen MR) is 83.9 cm³/mol. The molecule has 1 aliphatic heterocycles. The van der Waals surface area contributed by atoms with E-state index < -0.39 is 0 Å². The maximum absolute atomic E-state index is 6.16. The fourth-order valence-electron chi connectivity index (χ4n) is 2.24. The van der Waals surface area contributed by atoms with Crippen molar-refractivity contribution in [3.05, 3.63) is 29.8 Å². The summed E-state index contributed by atoms with van der Waals surface area (Å²) in [5, 5.41) is 0. The number of benzene rings is 1. The molecule has 1 fully saturated rings. The molecule has 0 amide bonds. The van der Waals surface area contributed by atoms with Gasteiger partial charge in [-0.2, -0.15) is 0 Å². The Bertz CT molecular complexity index is 452. The Morgan fingerprint density at radius 3 is 1.80 bits per heavy atom. The molecule has 0 aliphatic carbocycles. The fraction of sp³-hybridized carbons (Fsp3) is 0.625. The van der Waals surface area contributed by atoms with Gasteiger partial charge in [-0.25, -0.2) is 0 Å². The first-order valence-electron chi connectivity index (χ1n) is 7.35. The second-order valence-electron chi connectivity index (χ2n) is 7.02. The van der Waals surface area contributed by atoms with Gasteiger partial charge in [0.05, 0.1) is 11.2 Å². The summed E-state index contributed by atoms with van der Waals surface area (Å²) in [6.07, 6.45) is 0. The van der Waals surface area contributed by atoms with E-state index in [-0.39, 0.29) is 24.4 Å². The van der Waals surface area contributed by atoms with E-state index in [2.05, 4.69) is 65.8 Å². The number of rotatable bonds is 3. The second-order valence-corrected chi connectivity index (χ2v) is 7.02. The third-order valence-electron chi connectivity index (χ3n) is 4.57. The molecule has 1 saturated heterocycles. The van der Waals surface area contributed by atoms with Crippen molar-refractivity contribution < 1.29 is 9.31 Å². The second kappa shape index (κ2) is 5.17. The van der Waals surface area contributed by atoms with Crippen molar-refractivity contribution in [3.63, 3.8) is 0 Å². The minimum Gasteiger partial charge on any atom is -0.399 e. The summed E-state index contributed by atoms with van der Waals surface area (Å²) in [7, 11) is -0.302. The summed E-state index contributed by atoms with van der Waals surface area (Å²) >= 11 is 0. The Balaban J connectivity index is 2.16. The average molecular weight is 275 g/mol. The molecule has 1 heterocycles. The van der Waals surface area contributed by atoms with E-state index in [0.29, 0.717) is 5.92 Å². The average Bonchev–Trinajstić information content (AvgIpc) is 2.57. The molecule has 0 bridgehead atoms. The fourth-order valence-corrected chi connectivity index (χ4v) is 2.24. The van der Waals surface area contributed by atoms with E-state index in [9.17, 15) is 0 Å². The van der Waals surface area contributed by atoms with E-state index in [1.165, 1.54) is 0 Å². The number of nitrogens with two attached hydrogens (primary N) is 1. The van der Waals surface area contributed by atoms with Crippen LogP contribution in [0.1, 0.15) is 53.1 Å². The molecular weight excluding hydrogens is 249 g/mol. The van der Waals surface area contributed by atoms with E-state index in [1.807, 2.05) is 0 Å². The van der Waals surface area contributed by atoms with Gasteiger partial charge in [-0.3, -0.25) is 0 Å². The SMILES string of the molecule is CC(C)C(N)c1ccc(B2OC(C)(C)C(C)(C)O2)cc1. The van der Waals surface area contributed by atoms with Crippen molar-refractivity contribution in [2.24, 2.45) is 11.7 Å². The molecule has 0 saturated carbocycles. The molecule has 2 rings (SSSR count). The van der Waals surface area contributed by atoms with Gasteiger partial charge in [0.25, 0.3) is 0 Å². The molecule has 0 spiro atoms. The third kappa shape index (κ3) is 2.78. The monoisotopic (exact) mass is 275 g/mol. The van der Waals surface area contributed by atoms with Gasteiger partial charge in [0, 0.05) is 6.04 Å². The largest absolute Gasteiger partial charge is 0.494 e. The van der Waals surface area contributed by atoms with Gasteiger partial charge < -0.3 is 15.0 Å². The zero-order valence-corrected chi connectivity index (χ0v) is 13.4. The van der Waals surface area contributed by atoms with Crippen molar-refractivity contribution in [2.75, 3.05) is 0 Å². The normalized spacial score (nSPS) is 22.3. The predicted octanol–water partition coefficient (Wildman–Crippen LogP) is 2.64. The van der Waals surface area contributed by atoms with Crippen LogP contribution in [0.4, 0.5) is 0 Å². The van der Waals surface area contributed by atoms with Gasteiger partial charge in [0.2, 0.25) is 0 Å². The summed E-state index contributed by atoms with van der Waals surface area (Å²) in [5.41, 5.74) is 7.76. The van der Waals surface area contributed by atoms with E-state index in [4.69, 9.17) is 15.0 Å². The standard InChI is InChI=1S/C16H26BNO2/c1-11(2)14(18)12-7-9-13(10-8-12)17-19-15(3,4)16(5,6)20-17/h7-11,14H,18H2,1-6H3. The Morgan fingerprint density at radius 2 is 1.40 bits per heavy atom. The van der Waals surface area contributed by atoms with Gasteiger partial charge >= 0.3 is 7.12 Å². The Morgan fingerprint density at radius 1 is 0.950 bits per heavy atom. The lowest BCUT2D eigenvalue weighted by Crippen LogP contribution is -2.41. The molecule has 110 valence electrons. The highest BCUT2D eigenvalue weighted by molar-refractivity contribution is 6.62. The van der Waals surface area contributed by atoms with Crippen LogP contribution < -0.4 is 11.2 Å². The van der Waals surface area contributed by atoms with Crippen molar-refractivity contribution in [2.45, 2.75) is 58.8 Å². The summed E-state index contributed by atoms with van der Waals surface area (Å²) in [6.45, 7) is 12.5. The molecule has 0 radical (unpaired) electrons. The van der Waals surface area contributed by atoms with Crippen molar-refractivity contribution >= 4 is 12.6 Å². The lowest BCUT2D eigenvalue weighted by Gasteiger charge is -2.32. The van der Waals surface area contributed by atoms with Crippen molar-refractivity contribution in [1.29, 1.82) is 0 Å². The number of hydrogen-bond acceptors (Lipinski definition) is 3. The van der Waals surface area contributed by atoms with Crippen LogP contribution in [0.3, 0.4) is 0 Å². The van der Waals surface area contributed by atoms with Crippen LogP contribution in [0, 0.1) is 5.92 Å². The highest BCUT2D eigenvalue weighted by atomic mass is 16.7. The van der Waals surface area contributed by atoms with Gasteiger partial charge in [-0.15, -0.1) is 0 Å². The van der Waals surface area contributed by atoms with Crippen LogP contribution in [0.2, 0.25) is 0 Å². The van der Waals surface area contributed by atoms with Crippen molar-refractivity contribution in [1.82, 2.24) is 0 Å². The molecule has 2 N–H and O–H groups in total. The maximum atomic E-state index is 6.16. The summed E-state index contributed by atoms with van der Waals surface area (Å²) in [5.74, 6) is 0.428. The summed E-state index contributed by atoms with van der Waals surface area (Å²) in [6, 6.07) is 8.33. The van der Waals surface area contributed by atoms with Crippen LogP contribution in [0.15, 0.2) is 24.3 Å². The molecule has 4 heteroatoms. The Kier molecular flexibility index (Phi) is 4.02. The highest BCUT2D eigenvalue weighted by Gasteiger charge is 2.51. The highest BCUT2D eigenvalue weighted by Crippen LogP contribution is 2.36. The zero-order chi connectivity index (χ0) is 15.1. The molecule has 1 unspecified atom stereocenters. The quantitative estimate of drug-likeness (QED) is 0.862. The molecule has 0 aromatic heterocycles. The molecule has 1 atom stereocenters. The minimum absolute atomic E-state index is 0.0716. The topological polar surface area (TPSA) is 44.5 Å². The molecular formula is C16H26BNO2. The molecule has 1 aliphatic rings. The molecule has 1 aromatic rings. The van der Waals surface area contributed by atoms with Crippen LogP contribution in [0.25, 0.3) is 0 Å². The first-order chi connectivity index (χ1) is 9.14. The molecule has 1 aromatic carbocycles. The van der Waals surface area contributed by atoms with E-state index >= 15 is 0 Å². The van der Waals surface area contributed by atoms with Gasteiger partial charge in [0.15, 0.2) is 0 Å². The van der Waals surface area contributed by atoms with Crippen LogP contribution >= 0.6 is 0 Å². The van der Waals surface area contributed by atoms with Crippen molar-refractivity contribution in [3.8, 4) is 0 Å². The Hall–Kier alpha value is -0.835. The molecule has 20 heavy (non-hydrogen) atoms. The third-order valence-corrected chi connectivity index (χ3v) is 4.57. The minimum atomic E-state index is -0.302.